The second-order valence-electron chi connectivity index (χ2n) is 2.77. The molecule has 0 amide bonds. The SMILES string of the molecule is O=C(O)C(N=Cc1ccccc1)C(=O)O. The molecule has 0 bridgehead atoms. The lowest BCUT2D eigenvalue weighted by Gasteiger charge is -1.99. The molecule has 0 unspecified atom stereocenters. The molecule has 0 spiro atoms. The average molecular weight is 207 g/mol. The fourth-order valence-electron chi connectivity index (χ4n) is 0.933. The molecule has 1 aromatic rings. The minimum Gasteiger partial charge on any atom is -0.479 e. The van der Waals surface area contributed by atoms with Crippen molar-refractivity contribution in [2.75, 3.05) is 0 Å². The van der Waals surface area contributed by atoms with Crippen LogP contribution in [0.1, 0.15) is 5.56 Å². The first kappa shape index (κ1) is 10.9. The third-order valence-corrected chi connectivity index (χ3v) is 1.64. The van der Waals surface area contributed by atoms with Crippen LogP contribution in [0.3, 0.4) is 0 Å². The van der Waals surface area contributed by atoms with E-state index in [-0.39, 0.29) is 0 Å². The van der Waals surface area contributed by atoms with E-state index in [1.54, 1.807) is 30.3 Å². The number of hydrogen-bond acceptors (Lipinski definition) is 3. The predicted molar refractivity (Wildman–Crippen MR) is 53.1 cm³/mol. The molecule has 0 aromatic heterocycles. The Hall–Kier alpha value is -2.17. The number of carboxylic acid groups (broad SMARTS) is 2. The van der Waals surface area contributed by atoms with Gasteiger partial charge in [-0.25, -0.2) is 9.59 Å². The Balaban J connectivity index is 2.79. The van der Waals surface area contributed by atoms with Crippen LogP contribution in [-0.4, -0.2) is 34.4 Å². The zero-order chi connectivity index (χ0) is 11.3. The fraction of sp³-hybridized carbons (Fsp3) is 0.100. The van der Waals surface area contributed by atoms with Crippen LogP contribution in [0.4, 0.5) is 0 Å². The average Bonchev–Trinajstić information content (AvgIpc) is 2.18. The van der Waals surface area contributed by atoms with Gasteiger partial charge < -0.3 is 10.2 Å². The van der Waals surface area contributed by atoms with Crippen molar-refractivity contribution in [3.8, 4) is 0 Å². The van der Waals surface area contributed by atoms with E-state index >= 15 is 0 Å². The van der Waals surface area contributed by atoms with Crippen molar-refractivity contribution in [2.45, 2.75) is 6.04 Å². The fourth-order valence-corrected chi connectivity index (χ4v) is 0.933. The van der Waals surface area contributed by atoms with Gasteiger partial charge in [-0.3, -0.25) is 4.99 Å². The van der Waals surface area contributed by atoms with E-state index in [0.717, 1.165) is 0 Å². The highest BCUT2D eigenvalue weighted by molar-refractivity contribution is 5.99. The lowest BCUT2D eigenvalue weighted by atomic mass is 10.2. The monoisotopic (exact) mass is 207 g/mol. The number of aliphatic carboxylic acids is 2. The maximum atomic E-state index is 10.5. The number of hydrogen-bond donors (Lipinski definition) is 2. The van der Waals surface area contributed by atoms with Crippen LogP contribution in [0.2, 0.25) is 0 Å². The molecule has 5 heteroatoms. The Morgan fingerprint density at radius 2 is 1.67 bits per heavy atom. The molecule has 0 aliphatic carbocycles. The molecule has 0 fully saturated rings. The standard InChI is InChI=1S/C10H9NO4/c12-9(13)8(10(14)15)11-6-7-4-2-1-3-5-7/h1-6,8H,(H,12,13)(H,14,15). The van der Waals surface area contributed by atoms with Crippen molar-refractivity contribution >= 4 is 18.2 Å². The first-order chi connectivity index (χ1) is 7.11. The van der Waals surface area contributed by atoms with Gasteiger partial charge in [0.15, 0.2) is 0 Å². The topological polar surface area (TPSA) is 87.0 Å². The third kappa shape index (κ3) is 3.22. The first-order valence-electron chi connectivity index (χ1n) is 4.15. The Morgan fingerprint density at radius 3 is 2.13 bits per heavy atom. The summed E-state index contributed by atoms with van der Waals surface area (Å²) in [6, 6.07) is 6.94. The molecule has 5 nitrogen and oxygen atoms in total. The summed E-state index contributed by atoms with van der Waals surface area (Å²) < 4.78 is 0. The van der Waals surface area contributed by atoms with Crippen LogP contribution in [0.5, 0.6) is 0 Å². The highest BCUT2D eigenvalue weighted by Gasteiger charge is 2.23. The summed E-state index contributed by atoms with van der Waals surface area (Å²) >= 11 is 0. The number of nitrogens with zero attached hydrogens (tertiary/aromatic N) is 1. The molecule has 0 atom stereocenters. The molecule has 15 heavy (non-hydrogen) atoms. The zero-order valence-electron chi connectivity index (χ0n) is 7.70. The summed E-state index contributed by atoms with van der Waals surface area (Å²) in [5.41, 5.74) is 0.657. The molecule has 0 radical (unpaired) electrons. The molecule has 1 rings (SSSR count). The van der Waals surface area contributed by atoms with E-state index in [4.69, 9.17) is 10.2 Å². The van der Waals surface area contributed by atoms with E-state index < -0.39 is 18.0 Å². The van der Waals surface area contributed by atoms with E-state index in [9.17, 15) is 9.59 Å². The molecule has 0 saturated carbocycles. The maximum absolute atomic E-state index is 10.5. The molecule has 78 valence electrons. The molecule has 0 heterocycles. The van der Waals surface area contributed by atoms with Crippen LogP contribution in [0.25, 0.3) is 0 Å². The van der Waals surface area contributed by atoms with E-state index in [1.807, 2.05) is 0 Å². The minimum absolute atomic E-state index is 0.657. The van der Waals surface area contributed by atoms with E-state index in [1.165, 1.54) is 6.21 Å². The van der Waals surface area contributed by atoms with Gasteiger partial charge in [0, 0.05) is 6.21 Å². The number of rotatable bonds is 4. The predicted octanol–water partition coefficient (Wildman–Crippen LogP) is 0.643. The van der Waals surface area contributed by atoms with Crippen molar-refractivity contribution in [3.63, 3.8) is 0 Å². The number of aliphatic imine (C=N–C) groups is 1. The molecule has 2 N–H and O–H groups in total. The summed E-state index contributed by atoms with van der Waals surface area (Å²) in [7, 11) is 0. The largest absolute Gasteiger partial charge is 0.479 e. The van der Waals surface area contributed by atoms with Gasteiger partial charge in [-0.1, -0.05) is 30.3 Å². The Morgan fingerprint density at radius 1 is 1.13 bits per heavy atom. The Bertz CT molecular complexity index is 372. The van der Waals surface area contributed by atoms with Crippen molar-refractivity contribution < 1.29 is 19.8 Å². The van der Waals surface area contributed by atoms with Crippen molar-refractivity contribution in [1.82, 2.24) is 0 Å². The summed E-state index contributed by atoms with van der Waals surface area (Å²) in [4.78, 5) is 24.4. The lowest BCUT2D eigenvalue weighted by molar-refractivity contribution is -0.149. The molecular weight excluding hydrogens is 198 g/mol. The second-order valence-corrected chi connectivity index (χ2v) is 2.77. The minimum atomic E-state index is -1.75. The van der Waals surface area contributed by atoms with Gasteiger partial charge in [0.25, 0.3) is 0 Å². The van der Waals surface area contributed by atoms with Gasteiger partial charge >= 0.3 is 11.9 Å². The van der Waals surface area contributed by atoms with Crippen LogP contribution in [0.15, 0.2) is 35.3 Å². The summed E-state index contributed by atoms with van der Waals surface area (Å²) in [6.07, 6.45) is 1.23. The number of carboxylic acids is 2. The van der Waals surface area contributed by atoms with Crippen LogP contribution in [0, 0.1) is 0 Å². The van der Waals surface area contributed by atoms with Crippen molar-refractivity contribution in [3.05, 3.63) is 35.9 Å². The molecule has 0 saturated heterocycles. The van der Waals surface area contributed by atoms with Crippen LogP contribution < -0.4 is 0 Å². The Labute approximate surface area is 85.7 Å². The summed E-state index contributed by atoms with van der Waals surface area (Å²) in [5.74, 6) is -2.95. The van der Waals surface area contributed by atoms with Gasteiger partial charge in [-0.05, 0) is 5.56 Å². The van der Waals surface area contributed by atoms with E-state index in [2.05, 4.69) is 4.99 Å². The zero-order valence-corrected chi connectivity index (χ0v) is 7.70. The van der Waals surface area contributed by atoms with Crippen LogP contribution in [-0.2, 0) is 9.59 Å². The quantitative estimate of drug-likeness (QED) is 0.560. The first-order valence-corrected chi connectivity index (χ1v) is 4.15. The highest BCUT2D eigenvalue weighted by Crippen LogP contribution is 1.97. The molecular formula is C10H9NO4. The third-order valence-electron chi connectivity index (χ3n) is 1.64. The highest BCUT2D eigenvalue weighted by atomic mass is 16.4. The summed E-state index contributed by atoms with van der Waals surface area (Å²) in [5, 5.41) is 17.1. The smallest absolute Gasteiger partial charge is 0.340 e. The molecule has 1 aromatic carbocycles. The van der Waals surface area contributed by atoms with Crippen molar-refractivity contribution in [1.29, 1.82) is 0 Å². The van der Waals surface area contributed by atoms with E-state index in [0.29, 0.717) is 5.56 Å². The summed E-state index contributed by atoms with van der Waals surface area (Å²) in [6.45, 7) is 0. The molecule has 0 aliphatic rings. The number of carbonyl (C=O) groups is 2. The van der Waals surface area contributed by atoms with Gasteiger partial charge in [0.2, 0.25) is 6.04 Å². The van der Waals surface area contributed by atoms with Gasteiger partial charge in [0.05, 0.1) is 0 Å². The number of benzene rings is 1. The normalized spacial score (nSPS) is 10.7. The van der Waals surface area contributed by atoms with Crippen molar-refractivity contribution in [2.24, 2.45) is 4.99 Å². The lowest BCUT2D eigenvalue weighted by Crippen LogP contribution is -2.27. The Kier molecular flexibility index (Phi) is 3.56. The molecule has 0 aliphatic heterocycles. The van der Waals surface area contributed by atoms with Gasteiger partial charge in [0.1, 0.15) is 0 Å². The van der Waals surface area contributed by atoms with Gasteiger partial charge in [-0.2, -0.15) is 0 Å². The van der Waals surface area contributed by atoms with Crippen LogP contribution >= 0.6 is 0 Å². The van der Waals surface area contributed by atoms with Gasteiger partial charge in [-0.15, -0.1) is 0 Å². The second kappa shape index (κ2) is 4.90. The maximum Gasteiger partial charge on any atom is 0.340 e.